The monoisotopic (exact) mass is 570 g/mol. The first-order valence-corrected chi connectivity index (χ1v) is 12.1. The Morgan fingerprint density at radius 3 is 2.35 bits per heavy atom. The van der Waals surface area contributed by atoms with E-state index in [2.05, 4.69) is 27.9 Å². The van der Waals surface area contributed by atoms with Crippen LogP contribution < -0.4 is 10.1 Å². The molecule has 1 N–H and O–H groups in total. The summed E-state index contributed by atoms with van der Waals surface area (Å²) >= 11 is 8.31. The van der Waals surface area contributed by atoms with Crippen LogP contribution in [-0.2, 0) is 21.4 Å². The zero-order valence-electron chi connectivity index (χ0n) is 16.6. The lowest BCUT2D eigenvalue weighted by molar-refractivity contribution is -0.116. The molecule has 0 bridgehead atoms. The van der Waals surface area contributed by atoms with E-state index in [1.54, 1.807) is 24.3 Å². The number of methoxy groups -OCH3 is 1. The van der Waals surface area contributed by atoms with Crippen molar-refractivity contribution in [1.29, 1.82) is 0 Å². The second-order valence-corrected chi connectivity index (χ2v) is 10.2. The molecule has 0 atom stereocenters. The molecule has 9 heteroatoms. The predicted octanol–water partition coefficient (Wildman–Crippen LogP) is 4.78. The molecule has 0 aromatic heterocycles. The molecule has 0 unspecified atom stereocenters. The molecule has 0 aliphatic carbocycles. The number of rotatable bonds is 8. The van der Waals surface area contributed by atoms with E-state index in [1.165, 1.54) is 25.3 Å². The smallest absolute Gasteiger partial charge is 0.243 e. The maximum Gasteiger partial charge on any atom is 0.243 e. The van der Waals surface area contributed by atoms with Gasteiger partial charge >= 0.3 is 0 Å². The van der Waals surface area contributed by atoms with Gasteiger partial charge in [-0.25, -0.2) is 8.42 Å². The van der Waals surface area contributed by atoms with Crippen LogP contribution in [0.3, 0.4) is 0 Å². The van der Waals surface area contributed by atoms with E-state index < -0.39 is 15.9 Å². The Morgan fingerprint density at radius 2 is 1.74 bits per heavy atom. The van der Waals surface area contributed by atoms with Gasteiger partial charge in [0.2, 0.25) is 15.9 Å². The van der Waals surface area contributed by atoms with E-state index in [1.807, 2.05) is 30.3 Å². The summed E-state index contributed by atoms with van der Waals surface area (Å²) in [6.45, 7) is -0.320. The number of carbonyl (C=O) groups is 1. The molecular weight excluding hydrogens is 551 g/mol. The fourth-order valence-corrected chi connectivity index (χ4v) is 4.96. The molecule has 0 spiro atoms. The molecule has 162 valence electrons. The van der Waals surface area contributed by atoms with Crippen LogP contribution in [0, 0.1) is 3.57 Å². The number of amides is 1. The average molecular weight is 571 g/mol. The second kappa shape index (κ2) is 10.4. The zero-order chi connectivity index (χ0) is 22.4. The lowest BCUT2D eigenvalue weighted by Crippen LogP contribution is -2.37. The third kappa shape index (κ3) is 6.19. The average Bonchev–Trinajstić information content (AvgIpc) is 2.75. The third-order valence-electron chi connectivity index (χ3n) is 4.41. The number of sulfonamides is 1. The minimum absolute atomic E-state index is 0.0173. The largest absolute Gasteiger partial charge is 0.495 e. The van der Waals surface area contributed by atoms with E-state index in [9.17, 15) is 13.2 Å². The lowest BCUT2D eigenvalue weighted by atomic mass is 10.2. The predicted molar refractivity (Wildman–Crippen MR) is 130 cm³/mol. The Labute approximate surface area is 200 Å². The number of halogens is 2. The van der Waals surface area contributed by atoms with Gasteiger partial charge < -0.3 is 10.1 Å². The minimum atomic E-state index is -4.01. The van der Waals surface area contributed by atoms with Gasteiger partial charge in [-0.2, -0.15) is 4.31 Å². The highest BCUT2D eigenvalue weighted by Crippen LogP contribution is 2.29. The van der Waals surface area contributed by atoms with E-state index in [0.717, 1.165) is 13.4 Å². The summed E-state index contributed by atoms with van der Waals surface area (Å²) in [4.78, 5) is 12.7. The second-order valence-electron chi connectivity index (χ2n) is 6.61. The highest BCUT2D eigenvalue weighted by atomic mass is 127. The number of hydrogen-bond donors (Lipinski definition) is 1. The van der Waals surface area contributed by atoms with Crippen LogP contribution in [0.5, 0.6) is 5.75 Å². The van der Waals surface area contributed by atoms with Crippen molar-refractivity contribution >= 4 is 55.8 Å². The van der Waals surface area contributed by atoms with Gasteiger partial charge in [0.05, 0.1) is 23.6 Å². The van der Waals surface area contributed by atoms with Crippen molar-refractivity contribution in [3.63, 3.8) is 0 Å². The Morgan fingerprint density at radius 1 is 1.06 bits per heavy atom. The highest BCUT2D eigenvalue weighted by Gasteiger charge is 2.27. The van der Waals surface area contributed by atoms with Crippen LogP contribution in [0.15, 0.2) is 77.7 Å². The number of benzene rings is 3. The molecule has 0 saturated heterocycles. The first-order valence-electron chi connectivity index (χ1n) is 9.22. The zero-order valence-corrected chi connectivity index (χ0v) is 20.3. The standard InChI is InChI=1S/C22H20ClIN2O4S/c1-30-21-12-11-19(13-20(21)23)31(28,29)26(14-16-5-3-2-4-6-16)15-22(27)25-18-9-7-17(24)8-10-18/h2-13H,14-15H2,1H3,(H,25,27). The maximum atomic E-state index is 13.4. The van der Waals surface area contributed by atoms with E-state index in [0.29, 0.717) is 11.4 Å². The third-order valence-corrected chi connectivity index (χ3v) is 7.21. The molecule has 0 aliphatic heterocycles. The van der Waals surface area contributed by atoms with Gasteiger partial charge in [-0.1, -0.05) is 41.9 Å². The maximum absolute atomic E-state index is 13.4. The topological polar surface area (TPSA) is 75.7 Å². The van der Waals surface area contributed by atoms with Gasteiger partial charge in [0.1, 0.15) is 5.75 Å². The van der Waals surface area contributed by atoms with Crippen LogP contribution >= 0.6 is 34.2 Å². The highest BCUT2D eigenvalue weighted by molar-refractivity contribution is 14.1. The quantitative estimate of drug-likeness (QED) is 0.396. The molecule has 0 heterocycles. The van der Waals surface area contributed by atoms with Crippen molar-refractivity contribution in [3.8, 4) is 5.75 Å². The fraction of sp³-hybridized carbons (Fsp3) is 0.136. The van der Waals surface area contributed by atoms with Gasteiger partial charge in [0.15, 0.2) is 0 Å². The molecule has 1 amide bonds. The summed E-state index contributed by atoms with van der Waals surface area (Å²) in [5, 5.41) is 2.92. The van der Waals surface area contributed by atoms with E-state index in [4.69, 9.17) is 16.3 Å². The Kier molecular flexibility index (Phi) is 7.93. The van der Waals surface area contributed by atoms with Crippen LogP contribution in [0.2, 0.25) is 5.02 Å². The summed E-state index contributed by atoms with van der Waals surface area (Å²) in [5.74, 6) is -0.0769. The van der Waals surface area contributed by atoms with Crippen molar-refractivity contribution < 1.29 is 17.9 Å². The molecule has 0 fully saturated rings. The Bertz CT molecular complexity index is 1160. The first kappa shape index (κ1) is 23.5. The van der Waals surface area contributed by atoms with Crippen molar-refractivity contribution in [3.05, 3.63) is 87.0 Å². The molecule has 0 saturated carbocycles. The molecule has 3 aromatic rings. The molecule has 0 aliphatic rings. The van der Waals surface area contributed by atoms with Crippen molar-refractivity contribution in [2.45, 2.75) is 11.4 Å². The van der Waals surface area contributed by atoms with Crippen LogP contribution in [-0.4, -0.2) is 32.3 Å². The van der Waals surface area contributed by atoms with Gasteiger partial charge in [-0.05, 0) is 70.6 Å². The molecular formula is C22H20ClIN2O4S. The molecule has 31 heavy (non-hydrogen) atoms. The Hall–Kier alpha value is -2.14. The number of carbonyl (C=O) groups excluding carboxylic acids is 1. The van der Waals surface area contributed by atoms with Crippen molar-refractivity contribution in [2.24, 2.45) is 0 Å². The SMILES string of the molecule is COc1ccc(S(=O)(=O)N(CC(=O)Nc2ccc(I)cc2)Cc2ccccc2)cc1Cl. The van der Waals surface area contributed by atoms with E-state index in [-0.39, 0.29) is 23.0 Å². The number of anilines is 1. The number of nitrogens with zero attached hydrogens (tertiary/aromatic N) is 1. The minimum Gasteiger partial charge on any atom is -0.495 e. The molecule has 3 aromatic carbocycles. The summed E-state index contributed by atoms with van der Waals surface area (Å²) < 4.78 is 34.0. The summed E-state index contributed by atoms with van der Waals surface area (Å²) in [5.41, 5.74) is 1.35. The van der Waals surface area contributed by atoms with Gasteiger partial charge in [0.25, 0.3) is 0 Å². The normalized spacial score (nSPS) is 11.4. The number of hydrogen-bond acceptors (Lipinski definition) is 4. The van der Waals surface area contributed by atoms with Gasteiger partial charge in [0, 0.05) is 15.8 Å². The molecule has 0 radical (unpaired) electrons. The van der Waals surface area contributed by atoms with Crippen molar-refractivity contribution in [1.82, 2.24) is 4.31 Å². The summed E-state index contributed by atoms with van der Waals surface area (Å²) in [6.07, 6.45) is 0. The fourth-order valence-electron chi connectivity index (χ4n) is 2.86. The van der Waals surface area contributed by atoms with Crippen LogP contribution in [0.1, 0.15) is 5.56 Å². The first-order chi connectivity index (χ1) is 14.8. The van der Waals surface area contributed by atoms with Gasteiger partial charge in [-0.15, -0.1) is 0 Å². The summed E-state index contributed by atoms with van der Waals surface area (Å²) in [6, 6.07) is 20.5. The Balaban J connectivity index is 1.88. The molecule has 6 nitrogen and oxygen atoms in total. The van der Waals surface area contributed by atoms with Crippen LogP contribution in [0.4, 0.5) is 5.69 Å². The number of ether oxygens (including phenoxy) is 1. The van der Waals surface area contributed by atoms with Crippen LogP contribution in [0.25, 0.3) is 0 Å². The summed E-state index contributed by atoms with van der Waals surface area (Å²) in [7, 11) is -2.56. The van der Waals surface area contributed by atoms with E-state index >= 15 is 0 Å². The molecule has 3 rings (SSSR count). The lowest BCUT2D eigenvalue weighted by Gasteiger charge is -2.22. The number of nitrogens with one attached hydrogen (secondary N) is 1. The van der Waals surface area contributed by atoms with Crippen molar-refractivity contribution in [2.75, 3.05) is 19.0 Å². The van der Waals surface area contributed by atoms with Gasteiger partial charge in [-0.3, -0.25) is 4.79 Å².